The first-order valence-electron chi connectivity index (χ1n) is 12.6. The number of benzene rings is 2. The van der Waals surface area contributed by atoms with E-state index in [4.69, 9.17) is 4.42 Å². The lowest BCUT2D eigenvalue weighted by Crippen LogP contribution is -2.57. The van der Waals surface area contributed by atoms with Crippen molar-refractivity contribution in [3.63, 3.8) is 0 Å². The van der Waals surface area contributed by atoms with Gasteiger partial charge in [0.2, 0.25) is 11.8 Å². The number of carbonyl (C=O) groups is 3. The fourth-order valence-corrected chi connectivity index (χ4v) is 5.62. The monoisotopic (exact) mass is 496 g/mol. The van der Waals surface area contributed by atoms with Crippen molar-refractivity contribution in [1.82, 2.24) is 20.5 Å². The molecule has 3 atom stereocenters. The molecule has 188 valence electrons. The van der Waals surface area contributed by atoms with Gasteiger partial charge in [-0.05, 0) is 41.3 Å². The van der Waals surface area contributed by atoms with Crippen molar-refractivity contribution >= 4 is 28.6 Å². The maximum Gasteiger partial charge on any atom is 0.255 e. The van der Waals surface area contributed by atoms with E-state index < -0.39 is 12.1 Å². The van der Waals surface area contributed by atoms with E-state index >= 15 is 0 Å². The predicted octanol–water partition coefficient (Wildman–Crippen LogP) is 3.69. The summed E-state index contributed by atoms with van der Waals surface area (Å²) in [5, 5.41) is 6.85. The quantitative estimate of drug-likeness (QED) is 0.378. The number of H-pyrrole nitrogens is 1. The maximum absolute atomic E-state index is 13.8. The Hall–Kier alpha value is -4.33. The smallest absolute Gasteiger partial charge is 0.255 e. The van der Waals surface area contributed by atoms with Crippen molar-refractivity contribution in [2.24, 2.45) is 5.92 Å². The molecule has 2 aromatic carbocycles. The molecule has 0 bridgehead atoms. The molecule has 2 aliphatic heterocycles. The van der Waals surface area contributed by atoms with Crippen LogP contribution in [0.25, 0.3) is 10.9 Å². The van der Waals surface area contributed by atoms with Gasteiger partial charge in [-0.2, -0.15) is 0 Å². The van der Waals surface area contributed by atoms with Crippen molar-refractivity contribution < 1.29 is 18.8 Å². The number of hydrogen-bond acceptors (Lipinski definition) is 4. The first kappa shape index (κ1) is 23.1. The van der Waals surface area contributed by atoms with E-state index in [-0.39, 0.29) is 36.2 Å². The summed E-state index contributed by atoms with van der Waals surface area (Å²) in [5.41, 5.74) is 4.44. The minimum absolute atomic E-state index is 0.157. The Morgan fingerprint density at radius 3 is 2.65 bits per heavy atom. The van der Waals surface area contributed by atoms with Gasteiger partial charge in [-0.1, -0.05) is 50.2 Å². The highest BCUT2D eigenvalue weighted by Gasteiger charge is 2.49. The third-order valence-corrected chi connectivity index (χ3v) is 7.42. The van der Waals surface area contributed by atoms with E-state index in [0.29, 0.717) is 17.7 Å². The number of para-hydroxylation sites is 1. The number of amides is 3. The van der Waals surface area contributed by atoms with Gasteiger partial charge in [-0.3, -0.25) is 14.4 Å². The van der Waals surface area contributed by atoms with Crippen LogP contribution in [-0.2, 0) is 22.6 Å². The summed E-state index contributed by atoms with van der Waals surface area (Å²) >= 11 is 0. The normalized spacial score (nSPS) is 18.9. The highest BCUT2D eigenvalue weighted by atomic mass is 16.3. The van der Waals surface area contributed by atoms with Crippen LogP contribution in [-0.4, -0.2) is 39.7 Å². The topological polar surface area (TPSA) is 107 Å². The maximum atomic E-state index is 13.8. The summed E-state index contributed by atoms with van der Waals surface area (Å²) in [6.07, 6.45) is 1.91. The standard InChI is InChI=1S/C29H28N4O4/c1-16(2)24(28(35)30-15-17-8-7-13-37-17)32-27(34)23-14-21-18-9-5-6-12-22(18)31-25(21)26-19-10-3-4-11-20(19)29(36)33(23)26/h3-13,16,23-24,26,31H,14-15H2,1-2H3,(H,30,35)(H,32,34). The first-order chi connectivity index (χ1) is 17.9. The van der Waals surface area contributed by atoms with Crippen molar-refractivity contribution in [1.29, 1.82) is 0 Å². The molecule has 4 heterocycles. The number of nitrogens with zero attached hydrogens (tertiary/aromatic N) is 1. The molecule has 0 aliphatic carbocycles. The summed E-state index contributed by atoms with van der Waals surface area (Å²) in [4.78, 5) is 45.7. The zero-order valence-corrected chi connectivity index (χ0v) is 20.7. The first-order valence-corrected chi connectivity index (χ1v) is 12.6. The summed E-state index contributed by atoms with van der Waals surface area (Å²) in [6, 6.07) is 17.1. The van der Waals surface area contributed by atoms with Gasteiger partial charge in [0.05, 0.1) is 18.8 Å². The molecule has 4 aromatic rings. The fraction of sp³-hybridized carbons (Fsp3) is 0.276. The van der Waals surface area contributed by atoms with Crippen LogP contribution in [0.1, 0.15) is 52.8 Å². The van der Waals surface area contributed by atoms with E-state index in [0.717, 1.165) is 27.7 Å². The van der Waals surface area contributed by atoms with Gasteiger partial charge in [0.15, 0.2) is 0 Å². The molecule has 0 saturated carbocycles. The molecule has 3 amide bonds. The molecule has 0 radical (unpaired) electrons. The second-order valence-electron chi connectivity index (χ2n) is 10.0. The summed E-state index contributed by atoms with van der Waals surface area (Å²) in [5.74, 6) is -0.335. The van der Waals surface area contributed by atoms with Crippen LogP contribution in [0, 0.1) is 5.92 Å². The van der Waals surface area contributed by atoms with Crippen LogP contribution in [0.4, 0.5) is 0 Å². The second-order valence-corrected chi connectivity index (χ2v) is 10.0. The summed E-state index contributed by atoms with van der Waals surface area (Å²) < 4.78 is 5.30. The van der Waals surface area contributed by atoms with Gasteiger partial charge >= 0.3 is 0 Å². The van der Waals surface area contributed by atoms with E-state index in [1.807, 2.05) is 62.4 Å². The predicted molar refractivity (Wildman–Crippen MR) is 138 cm³/mol. The zero-order valence-electron chi connectivity index (χ0n) is 20.7. The SMILES string of the molecule is CC(C)C(NC(=O)C1Cc2c([nH]c3ccccc23)C2c3ccccc3C(=O)N12)C(=O)NCc1ccco1. The number of rotatable bonds is 6. The minimum atomic E-state index is -0.759. The summed E-state index contributed by atoms with van der Waals surface area (Å²) in [6.45, 7) is 4.00. The van der Waals surface area contributed by atoms with Crippen molar-refractivity contribution in [3.8, 4) is 0 Å². The van der Waals surface area contributed by atoms with Crippen LogP contribution < -0.4 is 10.6 Å². The number of carbonyl (C=O) groups excluding carboxylic acids is 3. The Kier molecular flexibility index (Phi) is 5.59. The lowest BCUT2D eigenvalue weighted by molar-refractivity contribution is -0.133. The molecule has 6 rings (SSSR count). The molecular weight excluding hydrogens is 468 g/mol. The van der Waals surface area contributed by atoms with Gasteiger partial charge in [0.1, 0.15) is 17.8 Å². The van der Waals surface area contributed by atoms with Crippen LogP contribution in [0.5, 0.6) is 0 Å². The Morgan fingerprint density at radius 2 is 1.86 bits per heavy atom. The highest BCUT2D eigenvalue weighted by Crippen LogP contribution is 2.46. The average Bonchev–Trinajstić information content (AvgIpc) is 3.62. The molecule has 2 aliphatic rings. The van der Waals surface area contributed by atoms with Crippen LogP contribution in [0.15, 0.2) is 71.3 Å². The van der Waals surface area contributed by atoms with Crippen molar-refractivity contribution in [2.45, 2.75) is 44.9 Å². The Morgan fingerprint density at radius 1 is 1.08 bits per heavy atom. The molecule has 3 unspecified atom stereocenters. The van der Waals surface area contributed by atoms with E-state index in [9.17, 15) is 14.4 Å². The Bertz CT molecular complexity index is 1500. The molecule has 37 heavy (non-hydrogen) atoms. The third kappa shape index (κ3) is 3.80. The lowest BCUT2D eigenvalue weighted by Gasteiger charge is -2.38. The zero-order chi connectivity index (χ0) is 25.7. The third-order valence-electron chi connectivity index (χ3n) is 7.42. The number of aromatic amines is 1. The van der Waals surface area contributed by atoms with Gasteiger partial charge in [-0.15, -0.1) is 0 Å². The number of aromatic nitrogens is 1. The highest BCUT2D eigenvalue weighted by molar-refractivity contribution is 6.04. The van der Waals surface area contributed by atoms with Crippen LogP contribution >= 0.6 is 0 Å². The minimum Gasteiger partial charge on any atom is -0.467 e. The molecule has 8 nitrogen and oxygen atoms in total. The van der Waals surface area contributed by atoms with Gasteiger partial charge in [-0.25, -0.2) is 0 Å². The van der Waals surface area contributed by atoms with Gasteiger partial charge in [0, 0.05) is 28.6 Å². The molecule has 2 aromatic heterocycles. The fourth-order valence-electron chi connectivity index (χ4n) is 5.62. The molecule has 0 saturated heterocycles. The Labute approximate surface area is 214 Å². The molecular formula is C29H28N4O4. The van der Waals surface area contributed by atoms with Crippen LogP contribution in [0.3, 0.4) is 0 Å². The number of hydrogen-bond donors (Lipinski definition) is 3. The Balaban J connectivity index is 1.33. The van der Waals surface area contributed by atoms with Gasteiger partial charge < -0.3 is 24.9 Å². The average molecular weight is 497 g/mol. The van der Waals surface area contributed by atoms with E-state index in [1.54, 1.807) is 23.3 Å². The molecule has 0 fully saturated rings. The number of furan rings is 1. The summed E-state index contributed by atoms with van der Waals surface area (Å²) in [7, 11) is 0. The van der Waals surface area contributed by atoms with E-state index in [1.165, 1.54) is 0 Å². The van der Waals surface area contributed by atoms with Gasteiger partial charge in [0.25, 0.3) is 5.91 Å². The van der Waals surface area contributed by atoms with Crippen molar-refractivity contribution in [3.05, 3.63) is 95.1 Å². The van der Waals surface area contributed by atoms with Crippen molar-refractivity contribution in [2.75, 3.05) is 0 Å². The van der Waals surface area contributed by atoms with E-state index in [2.05, 4.69) is 15.6 Å². The lowest BCUT2D eigenvalue weighted by atomic mass is 9.89. The second kappa shape index (κ2) is 8.96. The number of nitrogens with one attached hydrogen (secondary N) is 3. The largest absolute Gasteiger partial charge is 0.467 e. The molecule has 3 N–H and O–H groups in total. The number of fused-ring (bicyclic) bond motifs is 7. The van der Waals surface area contributed by atoms with Crippen LogP contribution in [0.2, 0.25) is 0 Å². The molecule has 0 spiro atoms. The molecule has 8 heteroatoms.